The van der Waals surface area contributed by atoms with E-state index in [1.807, 2.05) is 9.36 Å². The Kier molecular flexibility index (Phi) is 3.29. The monoisotopic (exact) mass is 248 g/mol. The summed E-state index contributed by atoms with van der Waals surface area (Å²) in [4.78, 5) is 10.3. The summed E-state index contributed by atoms with van der Waals surface area (Å²) < 4.78 is 3.70. The molecule has 0 aliphatic carbocycles. The van der Waals surface area contributed by atoms with Crippen molar-refractivity contribution in [2.45, 2.75) is 19.3 Å². The van der Waals surface area contributed by atoms with Gasteiger partial charge in [0, 0.05) is 25.7 Å². The van der Waals surface area contributed by atoms with Crippen molar-refractivity contribution in [1.29, 1.82) is 0 Å². The molecule has 1 atom stereocenters. The van der Waals surface area contributed by atoms with Gasteiger partial charge >= 0.3 is 0 Å². The van der Waals surface area contributed by atoms with Gasteiger partial charge in [-0.25, -0.2) is 14.6 Å². The Hall–Kier alpha value is -1.80. The Labute approximate surface area is 105 Å². The van der Waals surface area contributed by atoms with Crippen molar-refractivity contribution in [3.63, 3.8) is 0 Å². The van der Waals surface area contributed by atoms with Gasteiger partial charge < -0.3 is 5.32 Å². The summed E-state index contributed by atoms with van der Waals surface area (Å²) in [5, 5.41) is 11.7. The van der Waals surface area contributed by atoms with Gasteiger partial charge in [0.2, 0.25) is 0 Å². The maximum atomic E-state index is 4.13. The molecule has 0 spiro atoms. The van der Waals surface area contributed by atoms with Gasteiger partial charge in [-0.1, -0.05) is 0 Å². The average molecular weight is 248 g/mol. The van der Waals surface area contributed by atoms with Crippen LogP contribution in [0.4, 0.5) is 0 Å². The summed E-state index contributed by atoms with van der Waals surface area (Å²) in [5.41, 5.74) is 0. The van der Waals surface area contributed by atoms with Crippen LogP contribution in [0, 0.1) is 0 Å². The van der Waals surface area contributed by atoms with Crippen LogP contribution >= 0.6 is 0 Å². The molecule has 3 rings (SSSR count). The molecule has 1 N–H and O–H groups in total. The van der Waals surface area contributed by atoms with Crippen molar-refractivity contribution in [3.8, 4) is 0 Å². The van der Waals surface area contributed by atoms with E-state index in [4.69, 9.17) is 0 Å². The SMILES string of the molecule is c1ncn(CC2CN(Cn3cncn3)CCN2)n1. The van der Waals surface area contributed by atoms with Gasteiger partial charge in [0.25, 0.3) is 0 Å². The van der Waals surface area contributed by atoms with E-state index in [-0.39, 0.29) is 0 Å². The molecule has 8 nitrogen and oxygen atoms in total. The van der Waals surface area contributed by atoms with E-state index in [1.165, 1.54) is 0 Å². The van der Waals surface area contributed by atoms with Gasteiger partial charge in [0.15, 0.2) is 0 Å². The van der Waals surface area contributed by atoms with Crippen LogP contribution in [-0.4, -0.2) is 60.1 Å². The molecule has 1 aliphatic rings. The van der Waals surface area contributed by atoms with Crippen LogP contribution in [0.15, 0.2) is 25.3 Å². The molecule has 1 unspecified atom stereocenters. The molecule has 8 heteroatoms. The third-order valence-corrected chi connectivity index (χ3v) is 3.03. The third-order valence-electron chi connectivity index (χ3n) is 3.03. The van der Waals surface area contributed by atoms with Crippen LogP contribution in [0.3, 0.4) is 0 Å². The number of aromatic nitrogens is 6. The van der Waals surface area contributed by atoms with E-state index >= 15 is 0 Å². The van der Waals surface area contributed by atoms with Gasteiger partial charge in [0.05, 0.1) is 13.2 Å². The first-order chi connectivity index (χ1) is 8.90. The smallest absolute Gasteiger partial charge is 0.137 e. The maximum Gasteiger partial charge on any atom is 0.137 e. The molecule has 2 aromatic rings. The highest BCUT2D eigenvalue weighted by Crippen LogP contribution is 2.02. The molecule has 0 amide bonds. The molecular formula is C10H16N8. The highest BCUT2D eigenvalue weighted by molar-refractivity contribution is 4.78. The minimum absolute atomic E-state index is 0.393. The van der Waals surface area contributed by atoms with Crippen LogP contribution in [0.1, 0.15) is 0 Å². The minimum Gasteiger partial charge on any atom is -0.310 e. The summed E-state index contributed by atoms with van der Waals surface area (Å²) in [5.74, 6) is 0. The maximum absolute atomic E-state index is 4.13. The molecule has 2 aromatic heterocycles. The molecule has 0 bridgehead atoms. The zero-order valence-corrected chi connectivity index (χ0v) is 10.1. The Morgan fingerprint density at radius 1 is 1.11 bits per heavy atom. The van der Waals surface area contributed by atoms with Crippen LogP contribution in [0.5, 0.6) is 0 Å². The van der Waals surface area contributed by atoms with Crippen molar-refractivity contribution in [1.82, 2.24) is 39.7 Å². The van der Waals surface area contributed by atoms with Gasteiger partial charge in [-0.2, -0.15) is 10.2 Å². The van der Waals surface area contributed by atoms with Gasteiger partial charge in [0.1, 0.15) is 25.3 Å². The normalized spacial score (nSPS) is 21.2. The molecule has 96 valence electrons. The van der Waals surface area contributed by atoms with E-state index in [2.05, 4.69) is 30.4 Å². The van der Waals surface area contributed by atoms with Gasteiger partial charge in [-0.05, 0) is 0 Å². The van der Waals surface area contributed by atoms with Crippen molar-refractivity contribution in [2.24, 2.45) is 0 Å². The second-order valence-electron chi connectivity index (χ2n) is 4.42. The number of nitrogens with one attached hydrogen (secondary N) is 1. The lowest BCUT2D eigenvalue weighted by Crippen LogP contribution is -2.52. The number of nitrogens with zero attached hydrogens (tertiary/aromatic N) is 7. The lowest BCUT2D eigenvalue weighted by molar-refractivity contribution is 0.143. The predicted molar refractivity (Wildman–Crippen MR) is 63.4 cm³/mol. The molecule has 18 heavy (non-hydrogen) atoms. The van der Waals surface area contributed by atoms with Crippen LogP contribution in [-0.2, 0) is 13.2 Å². The molecule has 1 fully saturated rings. The fourth-order valence-electron chi connectivity index (χ4n) is 2.21. The number of rotatable bonds is 4. The standard InChI is InChI=1S/C10H16N8/c1-2-16(9-18-8-12-6-15-18)3-10(13-1)4-17-7-11-5-14-17/h5-8,10,13H,1-4,9H2. The first kappa shape index (κ1) is 11.3. The van der Waals surface area contributed by atoms with Crippen molar-refractivity contribution in [2.75, 3.05) is 19.6 Å². The zero-order valence-electron chi connectivity index (χ0n) is 10.1. The first-order valence-electron chi connectivity index (χ1n) is 6.01. The quantitative estimate of drug-likeness (QED) is 0.732. The van der Waals surface area contributed by atoms with Crippen LogP contribution < -0.4 is 5.32 Å². The molecule has 0 saturated carbocycles. The van der Waals surface area contributed by atoms with Crippen molar-refractivity contribution in [3.05, 3.63) is 25.3 Å². The summed E-state index contributed by atoms with van der Waals surface area (Å²) in [6.45, 7) is 4.60. The summed E-state index contributed by atoms with van der Waals surface area (Å²) >= 11 is 0. The topological polar surface area (TPSA) is 76.7 Å². The Bertz CT molecular complexity index is 408. The predicted octanol–water partition coefficient (Wildman–Crippen LogP) is -1.20. The molecule has 1 aliphatic heterocycles. The lowest BCUT2D eigenvalue weighted by atomic mass is 10.2. The molecular weight excluding hydrogens is 232 g/mol. The molecule has 3 heterocycles. The van der Waals surface area contributed by atoms with E-state index in [0.29, 0.717) is 6.04 Å². The summed E-state index contributed by atoms with van der Waals surface area (Å²) in [7, 11) is 0. The highest BCUT2D eigenvalue weighted by Gasteiger charge is 2.19. The van der Waals surface area contributed by atoms with Crippen LogP contribution in [0.25, 0.3) is 0 Å². The summed E-state index contributed by atoms with van der Waals surface area (Å²) in [6, 6.07) is 0.393. The number of hydrogen-bond donors (Lipinski definition) is 1. The largest absolute Gasteiger partial charge is 0.310 e. The van der Waals surface area contributed by atoms with Crippen molar-refractivity contribution < 1.29 is 0 Å². The fraction of sp³-hybridized carbons (Fsp3) is 0.600. The second kappa shape index (κ2) is 5.23. The Balaban J connectivity index is 1.55. The first-order valence-corrected chi connectivity index (χ1v) is 6.01. The Morgan fingerprint density at radius 2 is 1.89 bits per heavy atom. The molecule has 1 saturated heterocycles. The highest BCUT2D eigenvalue weighted by atomic mass is 15.4. The zero-order chi connectivity index (χ0) is 12.2. The van der Waals surface area contributed by atoms with Crippen LogP contribution in [0.2, 0.25) is 0 Å². The minimum atomic E-state index is 0.393. The number of hydrogen-bond acceptors (Lipinski definition) is 6. The number of piperazine rings is 1. The van der Waals surface area contributed by atoms with Gasteiger partial charge in [-0.15, -0.1) is 0 Å². The summed E-state index contributed by atoms with van der Waals surface area (Å²) in [6.07, 6.45) is 6.62. The van der Waals surface area contributed by atoms with Crippen molar-refractivity contribution >= 4 is 0 Å². The fourth-order valence-corrected chi connectivity index (χ4v) is 2.21. The average Bonchev–Trinajstić information content (AvgIpc) is 3.03. The van der Waals surface area contributed by atoms with E-state index < -0.39 is 0 Å². The Morgan fingerprint density at radius 3 is 2.61 bits per heavy atom. The molecule has 0 radical (unpaired) electrons. The van der Waals surface area contributed by atoms with E-state index in [0.717, 1.165) is 32.8 Å². The van der Waals surface area contributed by atoms with E-state index in [9.17, 15) is 0 Å². The van der Waals surface area contributed by atoms with E-state index in [1.54, 1.807) is 25.3 Å². The molecule has 0 aromatic carbocycles. The third kappa shape index (κ3) is 2.71. The lowest BCUT2D eigenvalue weighted by Gasteiger charge is -2.33. The second-order valence-corrected chi connectivity index (χ2v) is 4.42. The van der Waals surface area contributed by atoms with Gasteiger partial charge in [-0.3, -0.25) is 9.58 Å².